The van der Waals surface area contributed by atoms with E-state index in [0.717, 1.165) is 6.92 Å². The summed E-state index contributed by atoms with van der Waals surface area (Å²) in [4.78, 5) is 83.8. The third-order valence-electron chi connectivity index (χ3n) is 12.7. The summed E-state index contributed by atoms with van der Waals surface area (Å²) >= 11 is 0. The first-order valence-corrected chi connectivity index (χ1v) is 23.6. The minimum absolute atomic E-state index is 0.00768. The van der Waals surface area contributed by atoms with Gasteiger partial charge in [-0.15, -0.1) is 0 Å². The molecule has 16 nitrogen and oxygen atoms in total. The van der Waals surface area contributed by atoms with E-state index in [0.29, 0.717) is 11.3 Å². The summed E-state index contributed by atoms with van der Waals surface area (Å²) in [7, 11) is 2.82. The number of rotatable bonds is 13. The lowest BCUT2D eigenvalue weighted by Crippen LogP contribution is -2.82. The molecule has 1 aromatic rings. The number of carbonyl (C=O) groups excluding carboxylic acids is 6. The van der Waals surface area contributed by atoms with Gasteiger partial charge in [0.25, 0.3) is 0 Å². The SMILES string of the molecule is CSSCCC(=O)O[C@H]1C(=O)[C@@]2(C)C([C@H](OC(=O)c3ccccc3)[C@]3(O)C[C@H](OC(=O)[C@H](O)[C@H](C=C(C)C)NC(=O)OC(C)(C)C)C(C)=C1C3(C)C)[C@]1(OC(C)=O)CO[C@@H]1C[C@@H]2O. The molecule has 2 bridgehead atoms. The number of allylic oxidation sites excluding steroid dienone is 1. The van der Waals surface area contributed by atoms with E-state index >= 15 is 4.79 Å². The molecule has 0 radical (unpaired) electrons. The van der Waals surface area contributed by atoms with Gasteiger partial charge in [-0.05, 0) is 78.0 Å². The molecule has 3 aliphatic carbocycles. The number of aliphatic hydroxyl groups is 3. The quantitative estimate of drug-likeness (QED) is 0.0684. The van der Waals surface area contributed by atoms with Crippen molar-refractivity contribution in [2.24, 2.45) is 16.7 Å². The van der Waals surface area contributed by atoms with Crippen LogP contribution in [0.2, 0.25) is 0 Å². The third-order valence-corrected chi connectivity index (χ3v) is 14.5. The van der Waals surface area contributed by atoms with Gasteiger partial charge >= 0.3 is 30.0 Å². The van der Waals surface area contributed by atoms with Crippen LogP contribution >= 0.6 is 21.6 Å². The molecule has 0 spiro atoms. The molecule has 0 aromatic heterocycles. The number of fused-ring (bicyclic) bond motifs is 5. The monoisotopic (exact) mass is 919 g/mol. The van der Waals surface area contributed by atoms with Crippen molar-refractivity contribution in [1.29, 1.82) is 0 Å². The number of alkyl carbamates (subject to hydrolysis) is 1. The van der Waals surface area contributed by atoms with Crippen molar-refractivity contribution >= 4 is 57.3 Å². The smallest absolute Gasteiger partial charge is 0.408 e. The largest absolute Gasteiger partial charge is 0.456 e. The zero-order valence-electron chi connectivity index (χ0n) is 37.7. The van der Waals surface area contributed by atoms with Crippen molar-refractivity contribution < 1.29 is 72.5 Å². The maximum absolute atomic E-state index is 15.7. The van der Waals surface area contributed by atoms with Gasteiger partial charge in [0.2, 0.25) is 0 Å². The summed E-state index contributed by atoms with van der Waals surface area (Å²) in [5.41, 5.74) is -7.95. The predicted octanol–water partition coefficient (Wildman–Crippen LogP) is 4.81. The average molecular weight is 920 g/mol. The summed E-state index contributed by atoms with van der Waals surface area (Å²) in [6.07, 6.45) is -8.31. The van der Waals surface area contributed by atoms with E-state index in [9.17, 15) is 39.3 Å². The van der Waals surface area contributed by atoms with Crippen LogP contribution in [0.5, 0.6) is 0 Å². The van der Waals surface area contributed by atoms with Crippen molar-refractivity contribution in [2.75, 3.05) is 18.6 Å². The van der Waals surface area contributed by atoms with E-state index in [4.69, 9.17) is 28.4 Å². The minimum atomic E-state index is -2.40. The van der Waals surface area contributed by atoms with Crippen molar-refractivity contribution in [3.05, 3.63) is 58.7 Å². The Kier molecular flexibility index (Phi) is 15.0. The highest BCUT2D eigenvalue weighted by Crippen LogP contribution is 2.64. The fraction of sp³-hybridized carbons (Fsp3) is 0.644. The Balaban J connectivity index is 1.75. The molecule has 1 saturated heterocycles. The molecule has 348 valence electrons. The van der Waals surface area contributed by atoms with Crippen LogP contribution < -0.4 is 5.32 Å². The first-order valence-electron chi connectivity index (χ1n) is 20.9. The molecule has 63 heavy (non-hydrogen) atoms. The number of amides is 1. The Morgan fingerprint density at radius 1 is 1.03 bits per heavy atom. The normalized spacial score (nSPS) is 31.8. The topological polar surface area (TPSA) is 231 Å². The van der Waals surface area contributed by atoms with E-state index in [1.807, 2.05) is 6.26 Å². The number of ether oxygens (including phenoxy) is 6. The molecule has 1 unspecified atom stereocenters. The summed E-state index contributed by atoms with van der Waals surface area (Å²) in [6.45, 7) is 15.3. The zero-order chi connectivity index (χ0) is 47.0. The first kappa shape index (κ1) is 50.1. The fourth-order valence-electron chi connectivity index (χ4n) is 9.62. The lowest BCUT2D eigenvalue weighted by molar-refractivity contribution is -0.346. The van der Waals surface area contributed by atoms with Crippen LogP contribution in [0.4, 0.5) is 4.79 Å². The Morgan fingerprint density at radius 3 is 2.24 bits per heavy atom. The Hall–Kier alpha value is -3.94. The number of aliphatic hydroxyl groups excluding tert-OH is 2. The lowest BCUT2D eigenvalue weighted by atomic mass is 9.44. The third kappa shape index (κ3) is 9.71. The summed E-state index contributed by atoms with van der Waals surface area (Å²) in [5.74, 6) is -5.81. The van der Waals surface area contributed by atoms with Gasteiger partial charge in [-0.25, -0.2) is 14.4 Å². The predicted molar refractivity (Wildman–Crippen MR) is 232 cm³/mol. The lowest BCUT2D eigenvalue weighted by Gasteiger charge is -2.67. The van der Waals surface area contributed by atoms with Crippen LogP contribution in [-0.4, -0.2) is 129 Å². The maximum atomic E-state index is 15.7. The highest BCUT2D eigenvalue weighted by molar-refractivity contribution is 8.76. The number of nitrogens with one attached hydrogen (secondary N) is 1. The van der Waals surface area contributed by atoms with Crippen LogP contribution in [0, 0.1) is 16.7 Å². The summed E-state index contributed by atoms with van der Waals surface area (Å²) in [6, 6.07) is 6.51. The summed E-state index contributed by atoms with van der Waals surface area (Å²) < 4.78 is 36.0. The molecule has 3 fully saturated rings. The van der Waals surface area contributed by atoms with Gasteiger partial charge in [0.15, 0.2) is 23.6 Å². The molecular formula is C45H61NO15S2. The van der Waals surface area contributed by atoms with Crippen LogP contribution in [0.3, 0.4) is 0 Å². The van der Waals surface area contributed by atoms with Crippen LogP contribution in [0.25, 0.3) is 0 Å². The molecule has 4 N–H and O–H groups in total. The molecule has 5 rings (SSSR count). The molecular weight excluding hydrogens is 859 g/mol. The van der Waals surface area contributed by atoms with Gasteiger partial charge in [-0.2, -0.15) is 0 Å². The zero-order valence-corrected chi connectivity index (χ0v) is 39.3. The average Bonchev–Trinajstić information content (AvgIpc) is 3.17. The Labute approximate surface area is 375 Å². The van der Waals surface area contributed by atoms with Crippen molar-refractivity contribution in [1.82, 2.24) is 5.32 Å². The molecule has 4 aliphatic rings. The maximum Gasteiger partial charge on any atom is 0.408 e. The fourth-order valence-corrected chi connectivity index (χ4v) is 10.8. The first-order chi connectivity index (χ1) is 29.2. The molecule has 2 saturated carbocycles. The Bertz CT molecular complexity index is 2010. The molecule has 1 aromatic carbocycles. The number of Topliss-reactive ketones (excluding diaryl/α,β-unsaturated/α-hetero) is 1. The molecule has 11 atom stereocenters. The highest BCUT2D eigenvalue weighted by atomic mass is 33.1. The second kappa shape index (κ2) is 18.9. The van der Waals surface area contributed by atoms with Gasteiger partial charge in [-0.1, -0.05) is 65.3 Å². The van der Waals surface area contributed by atoms with E-state index in [1.54, 1.807) is 66.7 Å². The van der Waals surface area contributed by atoms with Gasteiger partial charge in [0.1, 0.15) is 29.5 Å². The number of carbonyl (C=O) groups is 6. The van der Waals surface area contributed by atoms with Gasteiger partial charge in [0.05, 0.1) is 42.1 Å². The van der Waals surface area contributed by atoms with Crippen molar-refractivity contribution in [3.8, 4) is 0 Å². The van der Waals surface area contributed by atoms with Crippen LogP contribution in [-0.2, 0) is 47.6 Å². The number of benzene rings is 1. The summed E-state index contributed by atoms with van der Waals surface area (Å²) in [5, 5.41) is 39.9. The van der Waals surface area contributed by atoms with E-state index in [2.05, 4.69) is 5.32 Å². The van der Waals surface area contributed by atoms with Gasteiger partial charge < -0.3 is 49.1 Å². The number of hydrogen-bond donors (Lipinski definition) is 4. The number of ketones is 1. The van der Waals surface area contributed by atoms with E-state index in [1.165, 1.54) is 53.6 Å². The molecule has 1 heterocycles. The highest BCUT2D eigenvalue weighted by Gasteiger charge is 2.78. The molecule has 1 aliphatic heterocycles. The number of esters is 4. The minimum Gasteiger partial charge on any atom is -0.456 e. The van der Waals surface area contributed by atoms with Gasteiger partial charge in [0, 0.05) is 30.9 Å². The van der Waals surface area contributed by atoms with E-state index < -0.39 is 118 Å². The standard InChI is InChI=1S/C45H61NO15S2/c1-23(2)19-27(46-40(54)61-41(5,6)7)33(50)39(53)57-28-21-45(55)37(59-38(52)26-15-13-12-14-16-26)35-43(10,29(48)20-30-44(35,22-56-30)60-25(4)47)36(51)34(32(24(28)3)42(45,8)9)58-31(49)17-18-63-62-11/h12-16,19,27-30,33-35,37,48,50,55H,17-18,20-22H2,1-11H3,(H,46,54)/t27-,28-,29-,30+,33+,34+,35?,37-,43+,44-,45+/m0/s1. The van der Waals surface area contributed by atoms with Crippen molar-refractivity contribution in [2.45, 2.75) is 148 Å². The molecule has 1 amide bonds. The van der Waals surface area contributed by atoms with Crippen molar-refractivity contribution in [3.63, 3.8) is 0 Å². The Morgan fingerprint density at radius 2 is 1.68 bits per heavy atom. The number of hydrogen-bond acceptors (Lipinski definition) is 17. The van der Waals surface area contributed by atoms with Crippen LogP contribution in [0.1, 0.15) is 98.9 Å². The van der Waals surface area contributed by atoms with Crippen LogP contribution in [0.15, 0.2) is 53.1 Å². The van der Waals surface area contributed by atoms with E-state index in [-0.39, 0.29) is 36.2 Å². The van der Waals surface area contributed by atoms with Gasteiger partial charge in [-0.3, -0.25) is 14.4 Å². The molecule has 18 heteroatoms. The second-order valence-corrected chi connectivity index (χ2v) is 21.3. The second-order valence-electron chi connectivity index (χ2n) is 18.7.